The highest BCUT2D eigenvalue weighted by Crippen LogP contribution is 2.64. The maximum absolute atomic E-state index is 6.43. The number of ether oxygens (including phenoxy) is 2. The molecule has 0 aromatic heterocycles. The molecule has 0 N–H and O–H groups in total. The van der Waals surface area contributed by atoms with E-state index in [2.05, 4.69) is 88.6 Å². The van der Waals surface area contributed by atoms with Crippen LogP contribution in [0.15, 0.2) is 92.4 Å². The van der Waals surface area contributed by atoms with Gasteiger partial charge < -0.3 is 9.47 Å². The minimum absolute atomic E-state index is 0.512. The highest BCUT2D eigenvalue weighted by atomic mass is 32.1. The average molecular weight is 519 g/mol. The molecule has 4 aromatic rings. The lowest BCUT2D eigenvalue weighted by Crippen LogP contribution is -2.49. The number of hydrogen-bond donors (Lipinski definition) is 4. The molecule has 2 aliphatic heterocycles. The van der Waals surface area contributed by atoms with Crippen molar-refractivity contribution in [2.24, 2.45) is 0 Å². The number of benzene rings is 4. The first-order chi connectivity index (χ1) is 16.2. The highest BCUT2D eigenvalue weighted by molar-refractivity contribution is 7.80. The van der Waals surface area contributed by atoms with Gasteiger partial charge in [-0.25, -0.2) is 0 Å². The summed E-state index contributed by atoms with van der Waals surface area (Å²) in [5.41, 5.74) is 3.35. The first-order valence-electron chi connectivity index (χ1n) is 10.9. The summed E-state index contributed by atoms with van der Waals surface area (Å²) >= 11 is 18.4. The number of hydrogen-bond acceptors (Lipinski definition) is 6. The van der Waals surface area contributed by atoms with Gasteiger partial charge in [0.2, 0.25) is 0 Å². The van der Waals surface area contributed by atoms with Gasteiger partial charge in [-0.05, 0) is 62.4 Å². The molecule has 0 atom stereocenters. The van der Waals surface area contributed by atoms with Crippen molar-refractivity contribution >= 4 is 50.5 Å². The molecule has 2 aliphatic rings. The molecule has 2 nitrogen and oxygen atoms in total. The van der Waals surface area contributed by atoms with E-state index in [1.54, 1.807) is 0 Å². The Labute approximate surface area is 221 Å². The van der Waals surface area contributed by atoms with Gasteiger partial charge in [0, 0.05) is 52.7 Å². The van der Waals surface area contributed by atoms with Gasteiger partial charge in [0.05, 0.1) is 0 Å². The van der Waals surface area contributed by atoms with Crippen molar-refractivity contribution < 1.29 is 9.47 Å². The van der Waals surface area contributed by atoms with Gasteiger partial charge in [-0.15, -0.1) is 50.5 Å². The van der Waals surface area contributed by atoms with Crippen molar-refractivity contribution in [3.05, 3.63) is 95.1 Å². The predicted molar refractivity (Wildman–Crippen MR) is 148 cm³/mol. The lowest BCUT2D eigenvalue weighted by Gasteiger charge is -2.53. The quantitative estimate of drug-likeness (QED) is 0.190. The van der Waals surface area contributed by atoms with Crippen molar-refractivity contribution in [3.8, 4) is 23.0 Å². The molecule has 34 heavy (non-hydrogen) atoms. The van der Waals surface area contributed by atoms with E-state index in [1.807, 2.05) is 48.5 Å². The highest BCUT2D eigenvalue weighted by Gasteiger charge is 2.56. The standard InChI is InChI=1S/C28H22O2S4/c1-27(19-7-3-15(31)11-23(19)29-24-12-16(32)4-8-20(24)27)28(2)21-9-5-17(33)13-25(21)30-26-14-18(34)6-10-22(26)28/h3-14,31-34H,1-2H3. The molecule has 0 unspecified atom stereocenters. The lowest BCUT2D eigenvalue weighted by molar-refractivity contribution is 0.284. The third-order valence-corrected chi connectivity index (χ3v) is 8.57. The summed E-state index contributed by atoms with van der Waals surface area (Å²) in [4.78, 5) is 3.40. The Balaban J connectivity index is 1.76. The van der Waals surface area contributed by atoms with E-state index >= 15 is 0 Å². The first kappa shape index (κ1) is 22.4. The second-order valence-corrected chi connectivity index (χ2v) is 11.2. The van der Waals surface area contributed by atoms with Gasteiger partial charge in [0.15, 0.2) is 0 Å². The Bertz CT molecular complexity index is 1280. The topological polar surface area (TPSA) is 18.5 Å². The zero-order valence-electron chi connectivity index (χ0n) is 18.5. The van der Waals surface area contributed by atoms with E-state index in [0.717, 1.165) is 64.8 Å². The summed E-state index contributed by atoms with van der Waals surface area (Å²) in [6, 6.07) is 24.6. The second kappa shape index (κ2) is 7.69. The van der Waals surface area contributed by atoms with Crippen LogP contribution in [0.3, 0.4) is 0 Å². The largest absolute Gasteiger partial charge is 0.457 e. The van der Waals surface area contributed by atoms with Crippen molar-refractivity contribution in [2.75, 3.05) is 0 Å². The maximum Gasteiger partial charge on any atom is 0.132 e. The van der Waals surface area contributed by atoms with Gasteiger partial charge in [-0.3, -0.25) is 0 Å². The van der Waals surface area contributed by atoms with Gasteiger partial charge in [-0.2, -0.15) is 0 Å². The molecular weight excluding hydrogens is 497 g/mol. The van der Waals surface area contributed by atoms with E-state index in [0.29, 0.717) is 0 Å². The number of fused-ring (bicyclic) bond motifs is 4. The summed E-state index contributed by atoms with van der Waals surface area (Å²) in [6.07, 6.45) is 0. The molecule has 6 heteroatoms. The molecule has 0 radical (unpaired) electrons. The number of thiol groups is 4. The fraction of sp³-hybridized carbons (Fsp3) is 0.143. The molecule has 0 spiro atoms. The summed E-state index contributed by atoms with van der Waals surface area (Å²) < 4.78 is 12.9. The fourth-order valence-electron chi connectivity index (χ4n) is 5.64. The van der Waals surface area contributed by atoms with Crippen LogP contribution in [0.25, 0.3) is 0 Å². The third-order valence-electron chi connectivity index (χ3n) is 7.46. The Kier molecular flexibility index (Phi) is 5.05. The Morgan fingerprint density at radius 1 is 0.441 bits per heavy atom. The minimum atomic E-state index is -0.512. The van der Waals surface area contributed by atoms with Crippen LogP contribution in [0, 0.1) is 0 Å². The van der Waals surface area contributed by atoms with Crippen molar-refractivity contribution in [1.29, 1.82) is 0 Å². The Morgan fingerprint density at radius 3 is 0.912 bits per heavy atom. The summed E-state index contributed by atoms with van der Waals surface area (Å²) in [6.45, 7) is 4.59. The van der Waals surface area contributed by atoms with E-state index in [4.69, 9.17) is 9.47 Å². The number of rotatable bonds is 1. The smallest absolute Gasteiger partial charge is 0.132 e. The van der Waals surface area contributed by atoms with Crippen LogP contribution in [0.1, 0.15) is 36.1 Å². The fourth-order valence-corrected chi connectivity index (χ4v) is 6.41. The molecule has 0 saturated heterocycles. The Hall–Kier alpha value is -2.12. The van der Waals surface area contributed by atoms with Crippen LogP contribution in [0.2, 0.25) is 0 Å². The second-order valence-electron chi connectivity index (χ2n) is 9.18. The van der Waals surface area contributed by atoms with Crippen LogP contribution >= 0.6 is 50.5 Å². The van der Waals surface area contributed by atoms with Crippen LogP contribution in [0.4, 0.5) is 0 Å². The van der Waals surface area contributed by atoms with E-state index in [9.17, 15) is 0 Å². The molecule has 0 fully saturated rings. The van der Waals surface area contributed by atoms with Crippen molar-refractivity contribution in [2.45, 2.75) is 44.3 Å². The van der Waals surface area contributed by atoms with Crippen LogP contribution < -0.4 is 9.47 Å². The zero-order valence-corrected chi connectivity index (χ0v) is 22.1. The molecule has 2 heterocycles. The van der Waals surface area contributed by atoms with Crippen molar-refractivity contribution in [3.63, 3.8) is 0 Å². The first-order valence-corrected chi connectivity index (χ1v) is 12.7. The summed E-state index contributed by atoms with van der Waals surface area (Å²) in [5.74, 6) is 3.20. The van der Waals surface area contributed by atoms with Crippen LogP contribution in [-0.2, 0) is 10.8 Å². The van der Waals surface area contributed by atoms with Crippen LogP contribution in [0.5, 0.6) is 23.0 Å². The SMILES string of the molecule is CC1(C2(C)c3ccc(S)cc3Oc3cc(S)ccc32)c2ccc(S)cc2Oc2cc(S)ccc21. The Morgan fingerprint density at radius 2 is 0.676 bits per heavy atom. The van der Waals surface area contributed by atoms with Gasteiger partial charge >= 0.3 is 0 Å². The van der Waals surface area contributed by atoms with E-state index in [-0.39, 0.29) is 0 Å². The zero-order chi connectivity index (χ0) is 23.8. The molecule has 0 amide bonds. The monoisotopic (exact) mass is 518 g/mol. The van der Waals surface area contributed by atoms with Gasteiger partial charge in [-0.1, -0.05) is 24.3 Å². The maximum atomic E-state index is 6.43. The molecule has 6 rings (SSSR count). The lowest BCUT2D eigenvalue weighted by atomic mass is 9.52. The molecule has 4 aromatic carbocycles. The summed E-state index contributed by atoms with van der Waals surface area (Å²) in [7, 11) is 0. The molecule has 0 aliphatic carbocycles. The molecule has 0 saturated carbocycles. The third kappa shape index (κ3) is 3.02. The van der Waals surface area contributed by atoms with E-state index in [1.165, 1.54) is 0 Å². The minimum Gasteiger partial charge on any atom is -0.457 e. The van der Waals surface area contributed by atoms with Crippen molar-refractivity contribution in [1.82, 2.24) is 0 Å². The summed E-state index contributed by atoms with van der Waals surface area (Å²) in [5, 5.41) is 0. The average Bonchev–Trinajstić information content (AvgIpc) is 2.78. The molecule has 170 valence electrons. The van der Waals surface area contributed by atoms with Gasteiger partial charge in [0.1, 0.15) is 23.0 Å². The molecule has 0 bridgehead atoms. The van der Waals surface area contributed by atoms with Crippen LogP contribution in [-0.4, -0.2) is 0 Å². The normalized spacial score (nSPS) is 16.3. The predicted octanol–water partition coefficient (Wildman–Crippen LogP) is 8.36. The van der Waals surface area contributed by atoms with E-state index < -0.39 is 10.8 Å². The van der Waals surface area contributed by atoms with Gasteiger partial charge in [0.25, 0.3) is 0 Å². The molecular formula is C28H22O2S4.